The fraction of sp³-hybridized carbons (Fsp3) is 0.667. The third kappa shape index (κ3) is 6.02. The van der Waals surface area contributed by atoms with E-state index in [-0.39, 0.29) is 18.4 Å². The fourth-order valence-corrected chi connectivity index (χ4v) is 4.82. The summed E-state index contributed by atoms with van der Waals surface area (Å²) in [4.78, 5) is 41.3. The van der Waals surface area contributed by atoms with Crippen molar-refractivity contribution in [2.24, 2.45) is 5.92 Å². The molecule has 2 aliphatic heterocycles. The second kappa shape index (κ2) is 10.7. The zero-order chi connectivity index (χ0) is 20.6. The summed E-state index contributed by atoms with van der Waals surface area (Å²) in [6.07, 6.45) is 6.27. The number of carbonyl (C=O) groups is 3. The van der Waals surface area contributed by atoms with Gasteiger partial charge in [-0.1, -0.05) is 12.8 Å². The number of thiophene rings is 1. The van der Waals surface area contributed by atoms with Crippen LogP contribution in [0.4, 0.5) is 5.00 Å². The van der Waals surface area contributed by atoms with Crippen molar-refractivity contribution in [3.63, 3.8) is 0 Å². The largest absolute Gasteiger partial charge is 0.462 e. The highest BCUT2D eigenvalue weighted by atomic mass is 32.1. The molecule has 29 heavy (non-hydrogen) atoms. The highest BCUT2D eigenvalue weighted by Gasteiger charge is 2.29. The van der Waals surface area contributed by atoms with Crippen LogP contribution in [0.2, 0.25) is 0 Å². The Hall–Kier alpha value is -1.93. The Labute approximate surface area is 176 Å². The van der Waals surface area contributed by atoms with Gasteiger partial charge in [0, 0.05) is 19.0 Å². The molecular formula is C21H31N3O4S. The van der Waals surface area contributed by atoms with E-state index in [1.54, 1.807) is 18.4 Å². The second-order valence-corrected chi connectivity index (χ2v) is 8.64. The van der Waals surface area contributed by atoms with Crippen molar-refractivity contribution in [2.45, 2.75) is 45.4 Å². The van der Waals surface area contributed by atoms with E-state index in [4.69, 9.17) is 4.74 Å². The summed E-state index contributed by atoms with van der Waals surface area (Å²) >= 11 is 1.31. The van der Waals surface area contributed by atoms with Crippen LogP contribution in [-0.2, 0) is 14.3 Å². The molecule has 2 fully saturated rings. The molecule has 1 N–H and O–H groups in total. The second-order valence-electron chi connectivity index (χ2n) is 7.72. The van der Waals surface area contributed by atoms with Crippen molar-refractivity contribution in [1.82, 2.24) is 9.80 Å². The summed E-state index contributed by atoms with van der Waals surface area (Å²) < 4.78 is 5.02. The predicted molar refractivity (Wildman–Crippen MR) is 113 cm³/mol. The summed E-state index contributed by atoms with van der Waals surface area (Å²) in [7, 11) is 0. The zero-order valence-corrected chi connectivity index (χ0v) is 18.0. The van der Waals surface area contributed by atoms with E-state index in [1.165, 1.54) is 24.2 Å². The van der Waals surface area contributed by atoms with Crippen LogP contribution < -0.4 is 5.32 Å². The number of hydrogen-bond donors (Lipinski definition) is 1. The molecule has 8 heteroatoms. The molecule has 3 rings (SSSR count). The van der Waals surface area contributed by atoms with Crippen molar-refractivity contribution >= 4 is 34.1 Å². The van der Waals surface area contributed by atoms with Crippen molar-refractivity contribution in [3.8, 4) is 0 Å². The van der Waals surface area contributed by atoms with Crippen LogP contribution in [0, 0.1) is 5.92 Å². The maximum Gasteiger partial charge on any atom is 0.341 e. The van der Waals surface area contributed by atoms with Gasteiger partial charge in [0.25, 0.3) is 0 Å². The highest BCUT2D eigenvalue weighted by Crippen LogP contribution is 2.25. The van der Waals surface area contributed by atoms with Gasteiger partial charge in [-0.3, -0.25) is 14.5 Å². The third-order valence-electron chi connectivity index (χ3n) is 5.64. The lowest BCUT2D eigenvalue weighted by molar-refractivity contribution is -0.137. The Morgan fingerprint density at radius 1 is 1.10 bits per heavy atom. The average molecular weight is 422 g/mol. The first-order chi connectivity index (χ1) is 14.1. The van der Waals surface area contributed by atoms with Gasteiger partial charge in [-0.2, -0.15) is 0 Å². The number of nitrogens with zero attached hydrogens (tertiary/aromatic N) is 2. The molecule has 0 aliphatic carbocycles. The Bertz CT molecular complexity index is 705. The van der Waals surface area contributed by atoms with Crippen LogP contribution in [0.3, 0.4) is 0 Å². The van der Waals surface area contributed by atoms with Gasteiger partial charge in [-0.15, -0.1) is 11.3 Å². The predicted octanol–water partition coefficient (Wildman–Crippen LogP) is 2.98. The molecule has 2 aliphatic rings. The molecule has 0 spiro atoms. The monoisotopic (exact) mass is 421 g/mol. The number of rotatable bonds is 6. The first-order valence-electron chi connectivity index (χ1n) is 10.6. The number of esters is 1. The number of hydrogen-bond acceptors (Lipinski definition) is 6. The van der Waals surface area contributed by atoms with Crippen LogP contribution in [-0.4, -0.2) is 66.9 Å². The van der Waals surface area contributed by atoms with E-state index >= 15 is 0 Å². The Kier molecular flexibility index (Phi) is 8.06. The molecule has 0 unspecified atom stereocenters. The lowest BCUT2D eigenvalue weighted by atomic mass is 9.95. The standard InChI is InChI=1S/C21H31N3O4S/c1-2-28-21(27)17-9-14-29-19(17)22-18(25)15-23-12-7-16(8-13-23)20(26)24-10-5-3-4-6-11-24/h9,14,16H,2-8,10-13,15H2,1H3,(H,22,25). The molecule has 0 saturated carbocycles. The molecule has 0 bridgehead atoms. The lowest BCUT2D eigenvalue weighted by Gasteiger charge is -2.33. The van der Waals surface area contributed by atoms with E-state index in [1.807, 2.05) is 4.90 Å². The SMILES string of the molecule is CCOC(=O)c1ccsc1NC(=O)CN1CCC(C(=O)N2CCCCCC2)CC1. The van der Waals surface area contributed by atoms with Crippen LogP contribution in [0.25, 0.3) is 0 Å². The van der Waals surface area contributed by atoms with Gasteiger partial charge < -0.3 is 15.0 Å². The summed E-state index contributed by atoms with van der Waals surface area (Å²) in [5.74, 6) is -0.180. The molecule has 1 aromatic heterocycles. The first-order valence-corrected chi connectivity index (χ1v) is 11.5. The summed E-state index contributed by atoms with van der Waals surface area (Å²) in [6.45, 7) is 5.59. The minimum absolute atomic E-state index is 0.0834. The van der Waals surface area contributed by atoms with Gasteiger partial charge in [-0.05, 0) is 57.1 Å². The van der Waals surface area contributed by atoms with E-state index in [0.717, 1.165) is 51.9 Å². The van der Waals surface area contributed by atoms with E-state index in [0.29, 0.717) is 23.1 Å². The smallest absolute Gasteiger partial charge is 0.341 e. The number of carbonyl (C=O) groups excluding carboxylic acids is 3. The van der Waals surface area contributed by atoms with E-state index in [2.05, 4.69) is 10.2 Å². The fourth-order valence-electron chi connectivity index (χ4n) is 4.03. The Morgan fingerprint density at radius 2 is 1.79 bits per heavy atom. The van der Waals surface area contributed by atoms with Gasteiger partial charge in [0.2, 0.25) is 11.8 Å². The molecule has 1 aromatic rings. The Morgan fingerprint density at radius 3 is 2.45 bits per heavy atom. The van der Waals surface area contributed by atoms with Gasteiger partial charge in [0.15, 0.2) is 0 Å². The summed E-state index contributed by atoms with van der Waals surface area (Å²) in [5.41, 5.74) is 0.395. The molecule has 7 nitrogen and oxygen atoms in total. The number of piperidine rings is 1. The van der Waals surface area contributed by atoms with Crippen LogP contribution in [0.1, 0.15) is 55.8 Å². The molecule has 0 radical (unpaired) electrons. The van der Waals surface area contributed by atoms with Crippen molar-refractivity contribution in [2.75, 3.05) is 44.6 Å². The van der Waals surface area contributed by atoms with Crippen molar-refractivity contribution < 1.29 is 19.1 Å². The van der Waals surface area contributed by atoms with Crippen LogP contribution in [0.5, 0.6) is 0 Å². The average Bonchev–Trinajstić information content (AvgIpc) is 3.00. The van der Waals surface area contributed by atoms with Crippen molar-refractivity contribution in [3.05, 3.63) is 17.0 Å². The molecular weight excluding hydrogens is 390 g/mol. The van der Waals surface area contributed by atoms with Crippen LogP contribution >= 0.6 is 11.3 Å². The number of amides is 2. The Balaban J connectivity index is 1.45. The van der Waals surface area contributed by atoms with Gasteiger partial charge in [0.05, 0.1) is 18.7 Å². The van der Waals surface area contributed by atoms with E-state index < -0.39 is 5.97 Å². The quantitative estimate of drug-likeness (QED) is 0.715. The zero-order valence-electron chi connectivity index (χ0n) is 17.2. The third-order valence-corrected chi connectivity index (χ3v) is 6.47. The van der Waals surface area contributed by atoms with Gasteiger partial charge in [-0.25, -0.2) is 4.79 Å². The van der Waals surface area contributed by atoms with Gasteiger partial charge >= 0.3 is 5.97 Å². The molecule has 3 heterocycles. The number of likely N-dealkylation sites (tertiary alicyclic amines) is 2. The normalized spacial score (nSPS) is 18.9. The van der Waals surface area contributed by atoms with Gasteiger partial charge in [0.1, 0.15) is 5.00 Å². The summed E-state index contributed by atoms with van der Waals surface area (Å²) in [6, 6.07) is 1.66. The molecule has 2 saturated heterocycles. The summed E-state index contributed by atoms with van der Waals surface area (Å²) in [5, 5.41) is 5.12. The lowest BCUT2D eigenvalue weighted by Crippen LogP contribution is -2.44. The maximum atomic E-state index is 12.8. The highest BCUT2D eigenvalue weighted by molar-refractivity contribution is 7.14. The number of anilines is 1. The topological polar surface area (TPSA) is 79.0 Å². The number of nitrogens with one attached hydrogen (secondary N) is 1. The minimum atomic E-state index is -0.420. The molecule has 2 amide bonds. The molecule has 0 aromatic carbocycles. The maximum absolute atomic E-state index is 12.8. The van der Waals surface area contributed by atoms with E-state index in [9.17, 15) is 14.4 Å². The minimum Gasteiger partial charge on any atom is -0.462 e. The molecule has 0 atom stereocenters. The van der Waals surface area contributed by atoms with Crippen molar-refractivity contribution in [1.29, 1.82) is 0 Å². The first kappa shape index (κ1) is 21.8. The number of ether oxygens (including phenoxy) is 1. The van der Waals surface area contributed by atoms with Crippen LogP contribution in [0.15, 0.2) is 11.4 Å². The molecule has 160 valence electrons.